The number of carbonyl (C=O) groups excluding carboxylic acids is 4. The van der Waals surface area contributed by atoms with E-state index in [0.29, 0.717) is 32.2 Å². The molecule has 1 saturated heterocycles. The van der Waals surface area contributed by atoms with Gasteiger partial charge in [-0.2, -0.15) is 0 Å². The van der Waals surface area contributed by atoms with E-state index in [9.17, 15) is 19.2 Å². The van der Waals surface area contributed by atoms with Crippen molar-refractivity contribution in [1.29, 1.82) is 0 Å². The Morgan fingerprint density at radius 2 is 2.00 bits per heavy atom. The molecule has 2 heterocycles. The minimum absolute atomic E-state index is 0.0216. The maximum absolute atomic E-state index is 13.7. The van der Waals surface area contributed by atoms with Crippen molar-refractivity contribution >= 4 is 24.2 Å². The lowest BCUT2D eigenvalue weighted by molar-refractivity contribution is -0.147. The fourth-order valence-electron chi connectivity index (χ4n) is 4.78. The standard InChI is InChI=1S/C25H39N3O6/c1-24(2,3)34-23(32)26-19-11-9-7-5-6-8-10-17-15-25(17,16-29)27-21(30)20-14-18(33-4)12-13-28(20)22(19)31/h8,10,16-20H,5-7,9,11-15H2,1-4H3,(H,26,32)(H,27,30)/b10-8-. The number of nitrogens with one attached hydrogen (secondary N) is 2. The Morgan fingerprint density at radius 3 is 2.68 bits per heavy atom. The number of fused-ring (bicyclic) bond motifs is 2. The van der Waals surface area contributed by atoms with Crippen molar-refractivity contribution in [1.82, 2.24) is 15.5 Å². The number of aldehydes is 1. The average Bonchev–Trinajstić information content (AvgIpc) is 3.47. The highest BCUT2D eigenvalue weighted by Gasteiger charge is 2.55. The number of allylic oxidation sites excluding steroid dienone is 1. The molecule has 0 aromatic heterocycles. The number of nitrogens with zero attached hydrogens (tertiary/aromatic N) is 1. The van der Waals surface area contributed by atoms with Gasteiger partial charge in [0.05, 0.1) is 6.10 Å². The van der Waals surface area contributed by atoms with Gasteiger partial charge in [-0.15, -0.1) is 0 Å². The zero-order valence-corrected chi connectivity index (χ0v) is 20.8. The Kier molecular flexibility index (Phi) is 8.38. The van der Waals surface area contributed by atoms with Gasteiger partial charge in [-0.05, 0) is 52.9 Å². The van der Waals surface area contributed by atoms with Gasteiger partial charge in [0.25, 0.3) is 0 Å². The summed E-state index contributed by atoms with van der Waals surface area (Å²) in [6.07, 6.45) is 9.50. The third-order valence-corrected chi connectivity index (χ3v) is 6.82. The highest BCUT2D eigenvalue weighted by Crippen LogP contribution is 2.43. The summed E-state index contributed by atoms with van der Waals surface area (Å²) in [5.41, 5.74) is -1.60. The molecule has 3 aliphatic rings. The van der Waals surface area contributed by atoms with Crippen molar-refractivity contribution in [3.63, 3.8) is 0 Å². The highest BCUT2D eigenvalue weighted by atomic mass is 16.6. The summed E-state index contributed by atoms with van der Waals surface area (Å²) in [6, 6.07) is -1.57. The van der Waals surface area contributed by atoms with Gasteiger partial charge in [0, 0.05) is 26.0 Å². The summed E-state index contributed by atoms with van der Waals surface area (Å²) in [5, 5.41) is 5.66. The van der Waals surface area contributed by atoms with Crippen molar-refractivity contribution in [2.24, 2.45) is 5.92 Å². The molecule has 3 rings (SSSR count). The molecule has 0 bridgehead atoms. The Bertz CT molecular complexity index is 807. The van der Waals surface area contributed by atoms with Crippen molar-refractivity contribution in [3.05, 3.63) is 12.2 Å². The number of piperidine rings is 1. The van der Waals surface area contributed by atoms with E-state index < -0.39 is 29.3 Å². The molecule has 1 saturated carbocycles. The molecule has 2 fully saturated rings. The molecule has 0 radical (unpaired) electrons. The third-order valence-electron chi connectivity index (χ3n) is 6.82. The topological polar surface area (TPSA) is 114 Å². The first-order valence-corrected chi connectivity index (χ1v) is 12.4. The van der Waals surface area contributed by atoms with Gasteiger partial charge in [0.1, 0.15) is 29.5 Å². The van der Waals surface area contributed by atoms with Crippen LogP contribution in [0.5, 0.6) is 0 Å². The SMILES string of the molecule is COC1CCN2C(=O)C(NC(=O)OC(C)(C)C)CCCCC/C=C\C3CC3(C=O)NC(=O)C2C1. The van der Waals surface area contributed by atoms with Crippen LogP contribution in [0.2, 0.25) is 0 Å². The third kappa shape index (κ3) is 6.58. The normalized spacial score (nSPS) is 33.8. The van der Waals surface area contributed by atoms with Crippen LogP contribution < -0.4 is 10.6 Å². The predicted molar refractivity (Wildman–Crippen MR) is 126 cm³/mol. The van der Waals surface area contributed by atoms with E-state index in [4.69, 9.17) is 9.47 Å². The molecule has 34 heavy (non-hydrogen) atoms. The maximum atomic E-state index is 13.7. The fourth-order valence-corrected chi connectivity index (χ4v) is 4.78. The van der Waals surface area contributed by atoms with E-state index >= 15 is 0 Å². The quantitative estimate of drug-likeness (QED) is 0.477. The predicted octanol–water partition coefficient (Wildman–Crippen LogP) is 2.48. The van der Waals surface area contributed by atoms with Gasteiger partial charge in [-0.1, -0.05) is 25.0 Å². The largest absolute Gasteiger partial charge is 0.444 e. The molecular formula is C25H39N3O6. The van der Waals surface area contributed by atoms with Crippen LogP contribution in [-0.2, 0) is 23.9 Å². The monoisotopic (exact) mass is 477 g/mol. The number of hydrogen-bond acceptors (Lipinski definition) is 6. The van der Waals surface area contributed by atoms with E-state index in [0.717, 1.165) is 32.0 Å². The summed E-state index contributed by atoms with van der Waals surface area (Å²) in [5.74, 6) is -0.684. The van der Waals surface area contributed by atoms with Crippen molar-refractivity contribution in [2.75, 3.05) is 13.7 Å². The molecule has 0 spiro atoms. The second-order valence-electron chi connectivity index (χ2n) is 10.7. The summed E-state index contributed by atoms with van der Waals surface area (Å²) < 4.78 is 10.9. The Labute approximate surface area is 202 Å². The molecular weight excluding hydrogens is 438 g/mol. The smallest absolute Gasteiger partial charge is 0.408 e. The number of hydrogen-bond donors (Lipinski definition) is 2. The fraction of sp³-hybridized carbons (Fsp3) is 0.760. The molecule has 9 nitrogen and oxygen atoms in total. The van der Waals surface area contributed by atoms with Gasteiger partial charge in [0.2, 0.25) is 11.8 Å². The second kappa shape index (κ2) is 10.9. The Morgan fingerprint density at radius 1 is 1.24 bits per heavy atom. The summed E-state index contributed by atoms with van der Waals surface area (Å²) >= 11 is 0. The number of methoxy groups -OCH3 is 1. The molecule has 9 heteroatoms. The average molecular weight is 478 g/mol. The van der Waals surface area contributed by atoms with E-state index in [2.05, 4.69) is 16.7 Å². The number of alkyl carbamates (subject to hydrolysis) is 1. The van der Waals surface area contributed by atoms with Crippen LogP contribution in [0.4, 0.5) is 4.79 Å². The van der Waals surface area contributed by atoms with E-state index in [-0.39, 0.29) is 23.8 Å². The van der Waals surface area contributed by atoms with Gasteiger partial charge in [0.15, 0.2) is 0 Å². The Balaban J connectivity index is 1.85. The van der Waals surface area contributed by atoms with Gasteiger partial charge >= 0.3 is 6.09 Å². The molecule has 2 N–H and O–H groups in total. The van der Waals surface area contributed by atoms with E-state index in [1.165, 1.54) is 4.90 Å². The first-order valence-electron chi connectivity index (χ1n) is 12.4. The number of ether oxygens (including phenoxy) is 2. The first-order chi connectivity index (χ1) is 16.1. The number of rotatable bonds is 3. The highest BCUT2D eigenvalue weighted by molar-refractivity contribution is 5.93. The van der Waals surface area contributed by atoms with E-state index in [1.807, 2.05) is 6.08 Å². The number of amides is 3. The summed E-state index contributed by atoms with van der Waals surface area (Å²) in [6.45, 7) is 5.63. The van der Waals surface area contributed by atoms with Crippen molar-refractivity contribution < 1.29 is 28.7 Å². The van der Waals surface area contributed by atoms with Crippen LogP contribution in [0.3, 0.4) is 0 Å². The Hall–Kier alpha value is -2.42. The second-order valence-corrected chi connectivity index (χ2v) is 10.7. The van der Waals surface area contributed by atoms with Crippen molar-refractivity contribution in [2.45, 2.75) is 101 Å². The number of carbonyl (C=O) groups is 4. The zero-order chi connectivity index (χ0) is 24.9. The van der Waals surface area contributed by atoms with Crippen LogP contribution >= 0.6 is 0 Å². The zero-order valence-electron chi connectivity index (χ0n) is 20.8. The van der Waals surface area contributed by atoms with Gasteiger partial charge < -0.3 is 29.8 Å². The lowest BCUT2D eigenvalue weighted by atomic mass is 9.96. The molecule has 2 aliphatic heterocycles. The first kappa shape index (κ1) is 26.2. The van der Waals surface area contributed by atoms with Crippen LogP contribution in [0.15, 0.2) is 12.2 Å². The minimum Gasteiger partial charge on any atom is -0.444 e. The molecule has 0 aromatic carbocycles. The molecule has 5 unspecified atom stereocenters. The lowest BCUT2D eigenvalue weighted by Crippen LogP contribution is -2.61. The van der Waals surface area contributed by atoms with E-state index in [1.54, 1.807) is 27.9 Å². The summed E-state index contributed by atoms with van der Waals surface area (Å²) in [4.78, 5) is 52.9. The van der Waals surface area contributed by atoms with Gasteiger partial charge in [-0.3, -0.25) is 9.59 Å². The van der Waals surface area contributed by atoms with Crippen LogP contribution in [-0.4, -0.2) is 72.1 Å². The summed E-state index contributed by atoms with van der Waals surface area (Å²) in [7, 11) is 1.59. The lowest BCUT2D eigenvalue weighted by Gasteiger charge is -2.40. The van der Waals surface area contributed by atoms with Crippen LogP contribution in [0.25, 0.3) is 0 Å². The molecule has 0 aromatic rings. The maximum Gasteiger partial charge on any atom is 0.408 e. The minimum atomic E-state index is -0.906. The van der Waals surface area contributed by atoms with Gasteiger partial charge in [-0.25, -0.2) is 4.79 Å². The van der Waals surface area contributed by atoms with Crippen LogP contribution in [0, 0.1) is 5.92 Å². The molecule has 190 valence electrons. The van der Waals surface area contributed by atoms with Crippen LogP contribution in [0.1, 0.15) is 72.1 Å². The molecule has 1 aliphatic carbocycles. The van der Waals surface area contributed by atoms with Crippen molar-refractivity contribution in [3.8, 4) is 0 Å². The molecule has 3 amide bonds. The molecule has 5 atom stereocenters.